The van der Waals surface area contributed by atoms with Gasteiger partial charge in [0.05, 0.1) is 6.20 Å². The van der Waals surface area contributed by atoms with E-state index in [2.05, 4.69) is 22.4 Å². The number of carbonyl (C=O) groups excluding carboxylic acids is 2. The number of piperidine rings is 2. The topological polar surface area (TPSA) is 71.3 Å². The summed E-state index contributed by atoms with van der Waals surface area (Å²) in [5, 5.41) is 8.39. The molecule has 34 heavy (non-hydrogen) atoms. The Kier molecular flexibility index (Phi) is 6.70. The van der Waals surface area contributed by atoms with E-state index in [-0.39, 0.29) is 18.0 Å². The molecule has 3 heterocycles. The van der Waals surface area contributed by atoms with Gasteiger partial charge in [-0.25, -0.2) is 4.79 Å². The van der Waals surface area contributed by atoms with Crippen LogP contribution in [-0.2, 0) is 6.42 Å². The fourth-order valence-electron chi connectivity index (χ4n) is 5.04. The van der Waals surface area contributed by atoms with Crippen molar-refractivity contribution in [2.45, 2.75) is 51.0 Å². The number of benzene rings is 2. The van der Waals surface area contributed by atoms with Crippen molar-refractivity contribution in [2.75, 3.05) is 19.6 Å². The van der Waals surface area contributed by atoms with E-state index in [4.69, 9.17) is 0 Å². The maximum absolute atomic E-state index is 13.3. The van der Waals surface area contributed by atoms with Crippen LogP contribution in [-0.4, -0.2) is 62.4 Å². The molecule has 176 valence electrons. The summed E-state index contributed by atoms with van der Waals surface area (Å²) in [4.78, 5) is 29.9. The van der Waals surface area contributed by atoms with Crippen molar-refractivity contribution >= 4 is 11.9 Å². The molecule has 2 aromatic carbocycles. The third-order valence-electron chi connectivity index (χ3n) is 6.95. The van der Waals surface area contributed by atoms with Gasteiger partial charge in [0.2, 0.25) is 0 Å². The van der Waals surface area contributed by atoms with Crippen LogP contribution >= 0.6 is 0 Å². The quantitative estimate of drug-likeness (QED) is 0.572. The fourth-order valence-corrected chi connectivity index (χ4v) is 5.04. The van der Waals surface area contributed by atoms with Crippen molar-refractivity contribution < 1.29 is 9.59 Å². The summed E-state index contributed by atoms with van der Waals surface area (Å²) < 4.78 is 1.35. The zero-order chi connectivity index (χ0) is 23.3. The lowest BCUT2D eigenvalue weighted by Crippen LogP contribution is -2.46. The van der Waals surface area contributed by atoms with Crippen LogP contribution in [0.25, 0.3) is 11.3 Å². The van der Waals surface area contributed by atoms with Gasteiger partial charge in [0.1, 0.15) is 5.69 Å². The Labute approximate surface area is 200 Å². The number of hydrogen-bond donors (Lipinski definition) is 0. The third-order valence-corrected chi connectivity index (χ3v) is 6.95. The molecule has 7 heteroatoms. The summed E-state index contributed by atoms with van der Waals surface area (Å²) in [5.74, 6) is 0.0830. The van der Waals surface area contributed by atoms with E-state index in [0.717, 1.165) is 63.7 Å². The zero-order valence-corrected chi connectivity index (χ0v) is 19.5. The fraction of sp³-hybridized carbons (Fsp3) is 0.407. The molecule has 5 rings (SSSR count). The summed E-state index contributed by atoms with van der Waals surface area (Å²) in [6.45, 7) is 2.40. The number of carbonyl (C=O) groups is 2. The van der Waals surface area contributed by atoms with Crippen LogP contribution < -0.4 is 0 Å². The van der Waals surface area contributed by atoms with Gasteiger partial charge in [0, 0.05) is 36.8 Å². The van der Waals surface area contributed by atoms with Gasteiger partial charge in [-0.15, -0.1) is 5.10 Å². The SMILES string of the molecule is O=C(c1ccc(-c2cn(C(=O)N3CCCCC3Cc3ccccc3)nn2)cc1)N1CCCCC1. The second kappa shape index (κ2) is 10.2. The van der Waals surface area contributed by atoms with Crippen LogP contribution in [0.4, 0.5) is 4.79 Å². The van der Waals surface area contributed by atoms with Gasteiger partial charge in [-0.2, -0.15) is 4.68 Å². The largest absolute Gasteiger partial charge is 0.346 e. The maximum Gasteiger partial charge on any atom is 0.346 e. The van der Waals surface area contributed by atoms with Gasteiger partial charge in [0.15, 0.2) is 0 Å². The highest BCUT2D eigenvalue weighted by Crippen LogP contribution is 2.23. The molecule has 1 aromatic heterocycles. The van der Waals surface area contributed by atoms with Crippen LogP contribution in [0.2, 0.25) is 0 Å². The molecule has 2 aliphatic rings. The average molecular weight is 458 g/mol. The Balaban J connectivity index is 1.28. The van der Waals surface area contributed by atoms with Crippen molar-refractivity contribution in [1.29, 1.82) is 0 Å². The number of aromatic nitrogens is 3. The molecule has 1 unspecified atom stereocenters. The highest BCUT2D eigenvalue weighted by atomic mass is 16.2. The van der Waals surface area contributed by atoms with E-state index in [1.165, 1.54) is 16.7 Å². The van der Waals surface area contributed by atoms with E-state index < -0.39 is 0 Å². The van der Waals surface area contributed by atoms with Gasteiger partial charge in [-0.05, 0) is 62.6 Å². The normalized spacial score (nSPS) is 18.6. The van der Waals surface area contributed by atoms with Gasteiger partial charge >= 0.3 is 6.03 Å². The smallest absolute Gasteiger partial charge is 0.339 e. The van der Waals surface area contributed by atoms with Crippen LogP contribution in [0.3, 0.4) is 0 Å². The first-order valence-corrected chi connectivity index (χ1v) is 12.4. The van der Waals surface area contributed by atoms with E-state index in [9.17, 15) is 9.59 Å². The number of amides is 2. The summed E-state index contributed by atoms with van der Waals surface area (Å²) >= 11 is 0. The molecule has 2 saturated heterocycles. The minimum atomic E-state index is -0.128. The summed E-state index contributed by atoms with van der Waals surface area (Å²) in [6, 6.07) is 17.8. The molecular formula is C27H31N5O2. The van der Waals surface area contributed by atoms with Crippen LogP contribution in [0.1, 0.15) is 54.4 Å². The first kappa shape index (κ1) is 22.3. The lowest BCUT2D eigenvalue weighted by molar-refractivity contribution is 0.0724. The van der Waals surface area contributed by atoms with Crippen molar-refractivity contribution in [2.24, 2.45) is 0 Å². The molecule has 0 saturated carbocycles. The van der Waals surface area contributed by atoms with E-state index in [0.29, 0.717) is 11.3 Å². The van der Waals surface area contributed by atoms with Crippen LogP contribution in [0.5, 0.6) is 0 Å². The molecule has 3 aromatic rings. The minimum absolute atomic E-state index is 0.0830. The zero-order valence-electron chi connectivity index (χ0n) is 19.5. The summed E-state index contributed by atoms with van der Waals surface area (Å²) in [7, 11) is 0. The molecule has 0 radical (unpaired) electrons. The molecule has 0 spiro atoms. The second-order valence-corrected chi connectivity index (χ2v) is 9.29. The molecule has 2 amide bonds. The number of hydrogen-bond acceptors (Lipinski definition) is 4. The van der Waals surface area contributed by atoms with Crippen molar-refractivity contribution in [3.63, 3.8) is 0 Å². The maximum atomic E-state index is 13.3. The third kappa shape index (κ3) is 4.88. The van der Waals surface area contributed by atoms with E-state index in [1.54, 1.807) is 6.20 Å². The first-order valence-electron chi connectivity index (χ1n) is 12.4. The predicted octanol–water partition coefficient (Wildman–Crippen LogP) is 4.64. The molecule has 2 aliphatic heterocycles. The number of rotatable bonds is 4. The summed E-state index contributed by atoms with van der Waals surface area (Å²) in [6.07, 6.45) is 9.01. The molecule has 0 N–H and O–H groups in total. The molecule has 7 nitrogen and oxygen atoms in total. The summed E-state index contributed by atoms with van der Waals surface area (Å²) in [5.41, 5.74) is 3.40. The highest BCUT2D eigenvalue weighted by Gasteiger charge is 2.28. The molecule has 0 aliphatic carbocycles. The number of nitrogens with zero attached hydrogens (tertiary/aromatic N) is 5. The van der Waals surface area contributed by atoms with Crippen molar-refractivity contribution in [3.8, 4) is 11.3 Å². The monoisotopic (exact) mass is 457 g/mol. The Bertz CT molecular complexity index is 1120. The van der Waals surface area contributed by atoms with Crippen LogP contribution in [0.15, 0.2) is 60.8 Å². The number of likely N-dealkylation sites (tertiary alicyclic amines) is 2. The minimum Gasteiger partial charge on any atom is -0.339 e. The Morgan fingerprint density at radius 3 is 2.35 bits per heavy atom. The van der Waals surface area contributed by atoms with Gasteiger partial charge < -0.3 is 9.80 Å². The van der Waals surface area contributed by atoms with Gasteiger partial charge in [-0.3, -0.25) is 4.79 Å². The Morgan fingerprint density at radius 1 is 0.853 bits per heavy atom. The Hall–Kier alpha value is -3.48. The Morgan fingerprint density at radius 2 is 1.59 bits per heavy atom. The van der Waals surface area contributed by atoms with Gasteiger partial charge in [0.25, 0.3) is 5.91 Å². The highest BCUT2D eigenvalue weighted by molar-refractivity contribution is 5.94. The van der Waals surface area contributed by atoms with E-state index >= 15 is 0 Å². The van der Waals surface area contributed by atoms with Gasteiger partial charge in [-0.1, -0.05) is 47.7 Å². The molecular weight excluding hydrogens is 426 g/mol. The van der Waals surface area contributed by atoms with E-state index in [1.807, 2.05) is 52.3 Å². The second-order valence-electron chi connectivity index (χ2n) is 9.29. The first-order chi connectivity index (χ1) is 16.7. The average Bonchev–Trinajstić information content (AvgIpc) is 3.40. The van der Waals surface area contributed by atoms with Crippen LogP contribution in [0, 0.1) is 0 Å². The lowest BCUT2D eigenvalue weighted by Gasteiger charge is -2.35. The lowest BCUT2D eigenvalue weighted by atomic mass is 9.96. The van der Waals surface area contributed by atoms with Crippen molar-refractivity contribution in [1.82, 2.24) is 24.8 Å². The predicted molar refractivity (Wildman–Crippen MR) is 130 cm³/mol. The molecule has 0 bridgehead atoms. The van der Waals surface area contributed by atoms with Crippen molar-refractivity contribution in [3.05, 3.63) is 71.9 Å². The molecule has 1 atom stereocenters. The molecule has 2 fully saturated rings. The standard InChI is InChI=1S/C27H31N5O2/c33-26(30-16-6-2-7-17-30)23-14-12-22(13-15-23)25-20-32(29-28-25)27(34)31-18-8-5-11-24(31)19-21-9-3-1-4-10-21/h1,3-4,9-10,12-15,20,24H,2,5-8,11,16-19H2.